The lowest BCUT2D eigenvalue weighted by atomic mass is 10.1. The standard InChI is InChI=1S/C16H17NO2/c1-11-3-5-13(6-4-11)12(2)17-16(19)14-7-9-15(18)10-8-14/h3-10,12,18H,1-2H3,(H,17,19). The number of amides is 1. The van der Waals surface area contributed by atoms with E-state index in [9.17, 15) is 9.90 Å². The third-order valence-electron chi connectivity index (χ3n) is 3.05. The van der Waals surface area contributed by atoms with E-state index in [0.29, 0.717) is 5.56 Å². The number of rotatable bonds is 3. The molecule has 3 nitrogen and oxygen atoms in total. The Hall–Kier alpha value is -2.29. The molecule has 0 fully saturated rings. The minimum absolute atomic E-state index is 0.0538. The predicted molar refractivity (Wildman–Crippen MR) is 75.2 cm³/mol. The highest BCUT2D eigenvalue weighted by Gasteiger charge is 2.11. The third kappa shape index (κ3) is 3.35. The first kappa shape index (κ1) is 13.1. The second-order valence-electron chi connectivity index (χ2n) is 4.65. The van der Waals surface area contributed by atoms with Crippen molar-refractivity contribution in [2.75, 3.05) is 0 Å². The Morgan fingerprint density at radius 1 is 1.05 bits per heavy atom. The summed E-state index contributed by atoms with van der Waals surface area (Å²) < 4.78 is 0. The Morgan fingerprint density at radius 2 is 1.63 bits per heavy atom. The SMILES string of the molecule is Cc1ccc(C(C)NC(=O)c2ccc(O)cc2)cc1. The highest BCUT2D eigenvalue weighted by molar-refractivity contribution is 5.94. The van der Waals surface area contributed by atoms with Crippen molar-refractivity contribution >= 4 is 5.91 Å². The van der Waals surface area contributed by atoms with Crippen molar-refractivity contribution in [3.63, 3.8) is 0 Å². The number of aromatic hydroxyl groups is 1. The molecule has 2 aromatic rings. The molecule has 0 radical (unpaired) electrons. The number of phenols is 1. The zero-order valence-electron chi connectivity index (χ0n) is 11.1. The lowest BCUT2D eigenvalue weighted by Crippen LogP contribution is -2.26. The van der Waals surface area contributed by atoms with Gasteiger partial charge >= 0.3 is 0 Å². The molecule has 3 heteroatoms. The first-order chi connectivity index (χ1) is 9.06. The van der Waals surface area contributed by atoms with Crippen molar-refractivity contribution in [3.05, 3.63) is 65.2 Å². The minimum Gasteiger partial charge on any atom is -0.508 e. The fourth-order valence-electron chi connectivity index (χ4n) is 1.83. The molecule has 0 saturated heterocycles. The highest BCUT2D eigenvalue weighted by atomic mass is 16.3. The molecule has 0 bridgehead atoms. The topological polar surface area (TPSA) is 49.3 Å². The van der Waals surface area contributed by atoms with E-state index in [4.69, 9.17) is 0 Å². The summed E-state index contributed by atoms with van der Waals surface area (Å²) in [5.74, 6) is 0.0104. The fourth-order valence-corrected chi connectivity index (χ4v) is 1.83. The van der Waals surface area contributed by atoms with Gasteiger partial charge in [0.15, 0.2) is 0 Å². The van der Waals surface area contributed by atoms with Gasteiger partial charge in [0, 0.05) is 5.56 Å². The van der Waals surface area contributed by atoms with Crippen molar-refractivity contribution in [1.82, 2.24) is 5.32 Å². The molecule has 1 unspecified atom stereocenters. The second kappa shape index (κ2) is 5.57. The Bertz CT molecular complexity index is 558. The summed E-state index contributed by atoms with van der Waals surface area (Å²) in [4.78, 5) is 12.0. The van der Waals surface area contributed by atoms with E-state index in [0.717, 1.165) is 5.56 Å². The maximum absolute atomic E-state index is 12.0. The van der Waals surface area contributed by atoms with Gasteiger partial charge in [-0.2, -0.15) is 0 Å². The second-order valence-corrected chi connectivity index (χ2v) is 4.65. The zero-order chi connectivity index (χ0) is 13.8. The Labute approximate surface area is 112 Å². The van der Waals surface area contributed by atoms with Crippen LogP contribution in [0.1, 0.15) is 34.5 Å². The van der Waals surface area contributed by atoms with Gasteiger partial charge < -0.3 is 10.4 Å². The van der Waals surface area contributed by atoms with E-state index < -0.39 is 0 Å². The summed E-state index contributed by atoms with van der Waals surface area (Å²) in [5.41, 5.74) is 2.80. The number of hydrogen-bond acceptors (Lipinski definition) is 2. The maximum atomic E-state index is 12.0. The highest BCUT2D eigenvalue weighted by Crippen LogP contribution is 2.15. The molecular formula is C16H17NO2. The summed E-state index contributed by atoms with van der Waals surface area (Å²) >= 11 is 0. The van der Waals surface area contributed by atoms with E-state index in [1.54, 1.807) is 12.1 Å². The molecular weight excluding hydrogens is 238 g/mol. The molecule has 2 rings (SSSR count). The average Bonchev–Trinajstić information content (AvgIpc) is 2.40. The smallest absolute Gasteiger partial charge is 0.251 e. The van der Waals surface area contributed by atoms with Crippen LogP contribution in [0, 0.1) is 6.92 Å². The van der Waals surface area contributed by atoms with E-state index in [-0.39, 0.29) is 17.7 Å². The first-order valence-electron chi connectivity index (χ1n) is 6.23. The number of nitrogens with one attached hydrogen (secondary N) is 1. The number of carbonyl (C=O) groups excluding carboxylic acids is 1. The van der Waals surface area contributed by atoms with Gasteiger partial charge in [-0.15, -0.1) is 0 Å². The molecule has 1 atom stereocenters. The molecule has 0 heterocycles. The van der Waals surface area contributed by atoms with Crippen molar-refractivity contribution in [3.8, 4) is 5.75 Å². The van der Waals surface area contributed by atoms with Crippen LogP contribution in [0.3, 0.4) is 0 Å². The Morgan fingerprint density at radius 3 is 2.21 bits per heavy atom. The molecule has 19 heavy (non-hydrogen) atoms. The lowest BCUT2D eigenvalue weighted by Gasteiger charge is -2.14. The number of carbonyl (C=O) groups is 1. The van der Waals surface area contributed by atoms with Crippen LogP contribution in [0.5, 0.6) is 5.75 Å². The number of hydrogen-bond donors (Lipinski definition) is 2. The van der Waals surface area contributed by atoms with Gasteiger partial charge in [-0.3, -0.25) is 4.79 Å². The Balaban J connectivity index is 2.06. The van der Waals surface area contributed by atoms with E-state index in [2.05, 4.69) is 5.32 Å². The van der Waals surface area contributed by atoms with Crippen LogP contribution in [0.4, 0.5) is 0 Å². The molecule has 2 N–H and O–H groups in total. The van der Waals surface area contributed by atoms with Crippen molar-refractivity contribution in [2.24, 2.45) is 0 Å². The number of phenolic OH excluding ortho intramolecular Hbond substituents is 1. The lowest BCUT2D eigenvalue weighted by molar-refractivity contribution is 0.0940. The van der Waals surface area contributed by atoms with Crippen LogP contribution < -0.4 is 5.32 Å². The molecule has 0 spiro atoms. The quantitative estimate of drug-likeness (QED) is 0.885. The van der Waals surface area contributed by atoms with Crippen LogP contribution in [-0.4, -0.2) is 11.0 Å². The molecule has 0 aliphatic rings. The predicted octanol–water partition coefficient (Wildman–Crippen LogP) is 3.19. The molecule has 0 aliphatic heterocycles. The monoisotopic (exact) mass is 255 g/mol. The molecule has 1 amide bonds. The van der Waals surface area contributed by atoms with Crippen molar-refractivity contribution < 1.29 is 9.90 Å². The fraction of sp³-hybridized carbons (Fsp3) is 0.188. The van der Waals surface area contributed by atoms with Crippen LogP contribution in [0.2, 0.25) is 0 Å². The molecule has 0 aromatic heterocycles. The number of aryl methyl sites for hydroxylation is 1. The van der Waals surface area contributed by atoms with E-state index in [1.165, 1.54) is 17.7 Å². The van der Waals surface area contributed by atoms with Crippen LogP contribution in [0.25, 0.3) is 0 Å². The summed E-state index contributed by atoms with van der Waals surface area (Å²) in [6.45, 7) is 3.98. The summed E-state index contributed by atoms with van der Waals surface area (Å²) in [6, 6.07) is 14.2. The summed E-state index contributed by atoms with van der Waals surface area (Å²) in [5, 5.41) is 12.1. The Kier molecular flexibility index (Phi) is 3.85. The van der Waals surface area contributed by atoms with Gasteiger partial charge in [0.05, 0.1) is 6.04 Å². The normalized spacial score (nSPS) is 11.9. The third-order valence-corrected chi connectivity index (χ3v) is 3.05. The van der Waals surface area contributed by atoms with Gasteiger partial charge in [0.2, 0.25) is 0 Å². The van der Waals surface area contributed by atoms with E-state index >= 15 is 0 Å². The van der Waals surface area contributed by atoms with Gasteiger partial charge in [0.1, 0.15) is 5.75 Å². The number of benzene rings is 2. The van der Waals surface area contributed by atoms with E-state index in [1.807, 2.05) is 38.1 Å². The van der Waals surface area contributed by atoms with Gasteiger partial charge in [-0.05, 0) is 43.7 Å². The van der Waals surface area contributed by atoms with Crippen molar-refractivity contribution in [1.29, 1.82) is 0 Å². The van der Waals surface area contributed by atoms with Crippen LogP contribution in [-0.2, 0) is 0 Å². The first-order valence-corrected chi connectivity index (χ1v) is 6.23. The van der Waals surface area contributed by atoms with Crippen LogP contribution >= 0.6 is 0 Å². The maximum Gasteiger partial charge on any atom is 0.251 e. The zero-order valence-corrected chi connectivity index (χ0v) is 11.1. The largest absolute Gasteiger partial charge is 0.508 e. The molecule has 0 saturated carbocycles. The minimum atomic E-state index is -0.145. The molecule has 98 valence electrons. The average molecular weight is 255 g/mol. The van der Waals surface area contributed by atoms with Gasteiger partial charge in [-0.1, -0.05) is 29.8 Å². The summed E-state index contributed by atoms with van der Waals surface area (Å²) in [6.07, 6.45) is 0. The van der Waals surface area contributed by atoms with Gasteiger partial charge in [-0.25, -0.2) is 0 Å². The van der Waals surface area contributed by atoms with Crippen LogP contribution in [0.15, 0.2) is 48.5 Å². The van der Waals surface area contributed by atoms with Crippen molar-refractivity contribution in [2.45, 2.75) is 19.9 Å². The molecule has 2 aromatic carbocycles. The summed E-state index contributed by atoms with van der Waals surface area (Å²) in [7, 11) is 0. The molecule has 0 aliphatic carbocycles. The van der Waals surface area contributed by atoms with Gasteiger partial charge in [0.25, 0.3) is 5.91 Å².